The van der Waals surface area contributed by atoms with Gasteiger partial charge in [-0.25, -0.2) is 13.9 Å². The van der Waals surface area contributed by atoms with Crippen LogP contribution >= 0.6 is 12.4 Å². The van der Waals surface area contributed by atoms with Gasteiger partial charge < -0.3 is 16.0 Å². The Kier molecular flexibility index (Phi) is 7.77. The van der Waals surface area contributed by atoms with Crippen LogP contribution < -0.4 is 16.4 Å². The van der Waals surface area contributed by atoms with E-state index in [9.17, 15) is 14.0 Å². The van der Waals surface area contributed by atoms with E-state index in [4.69, 9.17) is 5.73 Å². The Labute approximate surface area is 168 Å². The van der Waals surface area contributed by atoms with Crippen LogP contribution in [0.25, 0.3) is 0 Å². The largest absolute Gasteiger partial charge is 0.343 e. The number of likely N-dealkylation sites (tertiary alicyclic amines) is 1. The zero-order valence-electron chi connectivity index (χ0n) is 15.3. The van der Waals surface area contributed by atoms with E-state index in [1.54, 1.807) is 23.0 Å². The summed E-state index contributed by atoms with van der Waals surface area (Å²) in [5.41, 5.74) is 5.81. The molecule has 4 N–H and O–H groups in total. The average Bonchev–Trinajstić information content (AvgIpc) is 3.10. The minimum atomic E-state index is -0.474. The van der Waals surface area contributed by atoms with Crippen molar-refractivity contribution < 1.29 is 14.0 Å². The van der Waals surface area contributed by atoms with Crippen molar-refractivity contribution in [1.29, 1.82) is 0 Å². The summed E-state index contributed by atoms with van der Waals surface area (Å²) in [7, 11) is 0. The van der Waals surface area contributed by atoms with E-state index in [1.807, 2.05) is 4.90 Å². The van der Waals surface area contributed by atoms with Crippen molar-refractivity contribution in [3.63, 3.8) is 0 Å². The molecule has 2 aromatic rings. The predicted octanol–water partition coefficient (Wildman–Crippen LogP) is 2.60. The maximum Gasteiger partial charge on any atom is 0.324 e. The Morgan fingerprint density at radius 1 is 1.21 bits per heavy atom. The standard InChI is InChI=1S/C18H23FN6O2.ClH/c19-13-2-1-3-14(12-13)22-18(27)23-16-5-9-21-25(16)15-6-10-24(11-7-15)17(26)4-8-20;/h1-3,5,9,12,15H,4,6-8,10-11,20H2,(H2,22,23,27);1H. The highest BCUT2D eigenvalue weighted by Crippen LogP contribution is 2.25. The fourth-order valence-electron chi connectivity index (χ4n) is 3.19. The normalized spacial score (nSPS) is 14.3. The minimum Gasteiger partial charge on any atom is -0.343 e. The van der Waals surface area contributed by atoms with E-state index in [2.05, 4.69) is 15.7 Å². The number of piperidine rings is 1. The molecule has 0 bridgehead atoms. The third-order valence-electron chi connectivity index (χ3n) is 4.52. The third kappa shape index (κ3) is 5.43. The van der Waals surface area contributed by atoms with Gasteiger partial charge in [-0.2, -0.15) is 5.10 Å². The number of hydrogen-bond acceptors (Lipinski definition) is 4. The monoisotopic (exact) mass is 410 g/mol. The zero-order valence-corrected chi connectivity index (χ0v) is 16.1. The summed E-state index contributed by atoms with van der Waals surface area (Å²) in [5, 5.41) is 9.64. The molecule has 0 radical (unpaired) electrons. The van der Waals surface area contributed by atoms with E-state index in [-0.39, 0.29) is 24.4 Å². The molecule has 0 spiro atoms. The molecule has 1 aliphatic heterocycles. The van der Waals surface area contributed by atoms with Crippen molar-refractivity contribution in [3.8, 4) is 0 Å². The van der Waals surface area contributed by atoms with Crippen LogP contribution in [-0.4, -0.2) is 46.3 Å². The summed E-state index contributed by atoms with van der Waals surface area (Å²) in [6.45, 7) is 1.63. The Hall–Kier alpha value is -2.65. The summed E-state index contributed by atoms with van der Waals surface area (Å²) >= 11 is 0. The van der Waals surface area contributed by atoms with Gasteiger partial charge in [0.15, 0.2) is 0 Å². The number of benzene rings is 1. The van der Waals surface area contributed by atoms with Crippen LogP contribution in [0.15, 0.2) is 36.5 Å². The molecule has 8 nitrogen and oxygen atoms in total. The van der Waals surface area contributed by atoms with Crippen LogP contribution in [0.1, 0.15) is 25.3 Å². The second-order valence-corrected chi connectivity index (χ2v) is 6.40. The number of rotatable bonds is 5. The van der Waals surface area contributed by atoms with E-state index >= 15 is 0 Å². The molecule has 0 saturated carbocycles. The van der Waals surface area contributed by atoms with Gasteiger partial charge >= 0.3 is 6.03 Å². The van der Waals surface area contributed by atoms with Crippen molar-refractivity contribution in [2.45, 2.75) is 25.3 Å². The van der Waals surface area contributed by atoms with E-state index in [1.165, 1.54) is 18.2 Å². The molecule has 1 saturated heterocycles. The number of carbonyl (C=O) groups excluding carboxylic acids is 2. The highest BCUT2D eigenvalue weighted by molar-refractivity contribution is 5.99. The number of nitrogens with zero attached hydrogens (tertiary/aromatic N) is 3. The second kappa shape index (κ2) is 10.0. The fourth-order valence-corrected chi connectivity index (χ4v) is 3.19. The molecule has 0 aliphatic carbocycles. The first-order chi connectivity index (χ1) is 13.1. The van der Waals surface area contributed by atoms with E-state index < -0.39 is 11.8 Å². The molecule has 2 heterocycles. The lowest BCUT2D eigenvalue weighted by Gasteiger charge is -2.32. The average molecular weight is 411 g/mol. The molecule has 1 aromatic heterocycles. The minimum absolute atomic E-state index is 0. The molecule has 3 rings (SSSR count). The Bertz CT molecular complexity index is 807. The van der Waals surface area contributed by atoms with Gasteiger partial charge in [-0.05, 0) is 31.0 Å². The molecule has 1 aromatic carbocycles. The number of aromatic nitrogens is 2. The number of amides is 3. The van der Waals surface area contributed by atoms with Crippen LogP contribution in [0, 0.1) is 5.82 Å². The lowest BCUT2D eigenvalue weighted by molar-refractivity contribution is -0.132. The number of nitrogens with two attached hydrogens (primary N) is 1. The quantitative estimate of drug-likeness (QED) is 0.704. The number of carbonyl (C=O) groups is 2. The number of anilines is 2. The highest BCUT2D eigenvalue weighted by atomic mass is 35.5. The topological polar surface area (TPSA) is 105 Å². The maximum atomic E-state index is 13.2. The summed E-state index contributed by atoms with van der Waals surface area (Å²) in [4.78, 5) is 25.9. The Morgan fingerprint density at radius 3 is 2.64 bits per heavy atom. The zero-order chi connectivity index (χ0) is 19.2. The smallest absolute Gasteiger partial charge is 0.324 e. The number of urea groups is 1. The number of nitrogens with one attached hydrogen (secondary N) is 2. The Morgan fingerprint density at radius 2 is 1.96 bits per heavy atom. The van der Waals surface area contributed by atoms with Crippen LogP contribution in [0.5, 0.6) is 0 Å². The molecular weight excluding hydrogens is 387 g/mol. The molecule has 1 fully saturated rings. The van der Waals surface area contributed by atoms with Crippen LogP contribution in [-0.2, 0) is 4.79 Å². The van der Waals surface area contributed by atoms with E-state index in [0.29, 0.717) is 37.6 Å². The lowest BCUT2D eigenvalue weighted by atomic mass is 10.0. The molecular formula is C18H24ClFN6O2. The number of halogens is 2. The predicted molar refractivity (Wildman–Crippen MR) is 107 cm³/mol. The van der Waals surface area contributed by atoms with Crippen molar-refractivity contribution in [2.24, 2.45) is 5.73 Å². The first kappa shape index (κ1) is 21.6. The van der Waals surface area contributed by atoms with Gasteiger partial charge in [-0.3, -0.25) is 10.1 Å². The summed E-state index contributed by atoms with van der Waals surface area (Å²) < 4.78 is 15.0. The SMILES string of the molecule is Cl.NCCC(=O)N1CCC(n2nccc2NC(=O)Nc2cccc(F)c2)CC1. The maximum absolute atomic E-state index is 13.2. The molecule has 0 unspecified atom stereocenters. The first-order valence-electron chi connectivity index (χ1n) is 8.91. The lowest BCUT2D eigenvalue weighted by Crippen LogP contribution is -2.40. The van der Waals surface area contributed by atoms with Crippen LogP contribution in [0.4, 0.5) is 20.7 Å². The van der Waals surface area contributed by atoms with Gasteiger partial charge in [0.25, 0.3) is 0 Å². The molecule has 0 atom stereocenters. The third-order valence-corrected chi connectivity index (χ3v) is 4.52. The molecule has 1 aliphatic rings. The van der Waals surface area contributed by atoms with Crippen molar-refractivity contribution in [3.05, 3.63) is 42.3 Å². The summed E-state index contributed by atoms with van der Waals surface area (Å²) in [5.74, 6) is 0.202. The molecule has 152 valence electrons. The van der Waals surface area contributed by atoms with Crippen molar-refractivity contribution in [2.75, 3.05) is 30.3 Å². The van der Waals surface area contributed by atoms with E-state index in [0.717, 1.165) is 12.8 Å². The number of hydrogen-bond donors (Lipinski definition) is 3. The van der Waals surface area contributed by atoms with Gasteiger partial charge in [-0.1, -0.05) is 6.07 Å². The molecule has 3 amide bonds. The van der Waals surface area contributed by atoms with Crippen molar-refractivity contribution in [1.82, 2.24) is 14.7 Å². The Balaban J connectivity index is 0.00000280. The van der Waals surface area contributed by atoms with Gasteiger partial charge in [0, 0.05) is 37.8 Å². The van der Waals surface area contributed by atoms with Gasteiger partial charge in [0.05, 0.1) is 12.2 Å². The molecule has 10 heteroatoms. The van der Waals surface area contributed by atoms with Crippen LogP contribution in [0.3, 0.4) is 0 Å². The summed E-state index contributed by atoms with van der Waals surface area (Å²) in [6.07, 6.45) is 3.47. The van der Waals surface area contributed by atoms with Gasteiger partial charge in [-0.15, -0.1) is 12.4 Å². The van der Waals surface area contributed by atoms with Gasteiger partial charge in [0.1, 0.15) is 11.6 Å². The molecule has 28 heavy (non-hydrogen) atoms. The van der Waals surface area contributed by atoms with Crippen LogP contribution in [0.2, 0.25) is 0 Å². The first-order valence-corrected chi connectivity index (χ1v) is 8.91. The summed E-state index contributed by atoms with van der Waals surface area (Å²) in [6, 6.07) is 7.00. The fraction of sp³-hybridized carbons (Fsp3) is 0.389. The second-order valence-electron chi connectivity index (χ2n) is 6.40. The highest BCUT2D eigenvalue weighted by Gasteiger charge is 2.25. The van der Waals surface area contributed by atoms with Crippen molar-refractivity contribution >= 4 is 35.9 Å². The van der Waals surface area contributed by atoms with Gasteiger partial charge in [0.2, 0.25) is 5.91 Å².